The summed E-state index contributed by atoms with van der Waals surface area (Å²) in [4.78, 5) is 25.2. The quantitative estimate of drug-likeness (QED) is 0.686. The highest BCUT2D eigenvalue weighted by Gasteiger charge is 2.22. The number of urea groups is 1. The minimum absolute atomic E-state index is 0.00803. The molecule has 0 atom stereocenters. The first kappa shape index (κ1) is 19.9. The van der Waals surface area contributed by atoms with Gasteiger partial charge in [-0.1, -0.05) is 60.7 Å². The zero-order chi connectivity index (χ0) is 20.6. The molecule has 30 heavy (non-hydrogen) atoms. The molecule has 0 unspecified atom stereocenters. The van der Waals surface area contributed by atoms with E-state index in [9.17, 15) is 4.79 Å². The summed E-state index contributed by atoms with van der Waals surface area (Å²) in [6, 6.07) is 21.0. The second-order valence-electron chi connectivity index (χ2n) is 7.43. The van der Waals surface area contributed by atoms with Gasteiger partial charge in [-0.15, -0.1) is 0 Å². The molecular formula is C24H27N5O. The number of nitrogens with one attached hydrogen (secondary N) is 1. The van der Waals surface area contributed by atoms with Gasteiger partial charge in [0.1, 0.15) is 5.82 Å². The number of piperazine rings is 1. The molecule has 154 valence electrons. The van der Waals surface area contributed by atoms with Gasteiger partial charge in [-0.25, -0.2) is 9.78 Å². The zero-order valence-electron chi connectivity index (χ0n) is 17.0. The molecule has 0 aliphatic carbocycles. The Balaban J connectivity index is 1.30. The van der Waals surface area contributed by atoms with Crippen LogP contribution in [0, 0.1) is 0 Å². The van der Waals surface area contributed by atoms with Crippen LogP contribution in [0.15, 0.2) is 79.3 Å². The maximum absolute atomic E-state index is 12.7. The normalized spacial score (nSPS) is 14.0. The van der Waals surface area contributed by atoms with Crippen LogP contribution in [0.25, 0.3) is 0 Å². The van der Waals surface area contributed by atoms with Crippen LogP contribution in [-0.2, 0) is 0 Å². The fraction of sp³-hybridized carbons (Fsp3) is 0.292. The standard InChI is InChI=1S/C24H27N5O/c30-24(29-17-15-28(16-18-29)23-19-25-13-14-26-23)27-12-11-22(20-7-3-1-4-8-20)21-9-5-2-6-10-21/h1-10,13-14,19,22H,11-12,15-18H2,(H,27,30). The van der Waals surface area contributed by atoms with E-state index < -0.39 is 0 Å². The van der Waals surface area contributed by atoms with Crippen molar-refractivity contribution in [2.24, 2.45) is 0 Å². The minimum atomic E-state index is 0.00803. The average Bonchev–Trinajstić information content (AvgIpc) is 2.83. The van der Waals surface area contributed by atoms with Gasteiger partial charge < -0.3 is 15.1 Å². The van der Waals surface area contributed by atoms with Crippen LogP contribution >= 0.6 is 0 Å². The molecule has 0 radical (unpaired) electrons. The van der Waals surface area contributed by atoms with E-state index in [1.807, 2.05) is 17.0 Å². The molecule has 0 saturated carbocycles. The second kappa shape index (κ2) is 9.87. The summed E-state index contributed by atoms with van der Waals surface area (Å²) in [6.07, 6.45) is 6.00. The molecule has 6 heteroatoms. The van der Waals surface area contributed by atoms with Crippen LogP contribution in [0.2, 0.25) is 0 Å². The smallest absolute Gasteiger partial charge is 0.317 e. The highest BCUT2D eigenvalue weighted by Crippen LogP contribution is 2.27. The van der Waals surface area contributed by atoms with E-state index in [-0.39, 0.29) is 11.9 Å². The average molecular weight is 402 g/mol. The number of nitrogens with zero attached hydrogens (tertiary/aromatic N) is 4. The van der Waals surface area contributed by atoms with Crippen molar-refractivity contribution in [2.75, 3.05) is 37.6 Å². The number of hydrogen-bond acceptors (Lipinski definition) is 4. The monoisotopic (exact) mass is 401 g/mol. The Morgan fingerprint density at radius 1 is 0.900 bits per heavy atom. The maximum atomic E-state index is 12.7. The number of rotatable bonds is 6. The third-order valence-corrected chi connectivity index (χ3v) is 5.55. The lowest BCUT2D eigenvalue weighted by Crippen LogP contribution is -2.52. The Kier molecular flexibility index (Phi) is 6.54. The first-order chi connectivity index (χ1) is 14.8. The Hall–Kier alpha value is -3.41. The third-order valence-electron chi connectivity index (χ3n) is 5.55. The van der Waals surface area contributed by atoms with E-state index in [1.54, 1.807) is 18.6 Å². The van der Waals surface area contributed by atoms with Crippen LogP contribution in [0.3, 0.4) is 0 Å². The number of carbonyl (C=O) groups is 1. The highest BCUT2D eigenvalue weighted by atomic mass is 16.2. The van der Waals surface area contributed by atoms with E-state index in [2.05, 4.69) is 68.7 Å². The Labute approximate surface area is 177 Å². The number of anilines is 1. The van der Waals surface area contributed by atoms with Crippen molar-refractivity contribution in [3.63, 3.8) is 0 Å². The van der Waals surface area contributed by atoms with Crippen LogP contribution < -0.4 is 10.2 Å². The summed E-state index contributed by atoms with van der Waals surface area (Å²) in [5, 5.41) is 3.12. The van der Waals surface area contributed by atoms with Crippen molar-refractivity contribution in [3.8, 4) is 0 Å². The molecule has 2 aromatic carbocycles. The molecule has 1 aliphatic heterocycles. The van der Waals surface area contributed by atoms with Crippen LogP contribution in [-0.4, -0.2) is 53.6 Å². The SMILES string of the molecule is O=C(NCCC(c1ccccc1)c1ccccc1)N1CCN(c2cnccn2)CC1. The summed E-state index contributed by atoms with van der Waals surface area (Å²) in [6.45, 7) is 3.54. The largest absolute Gasteiger partial charge is 0.352 e. The van der Waals surface area contributed by atoms with Crippen molar-refractivity contribution >= 4 is 11.8 Å². The van der Waals surface area contributed by atoms with Gasteiger partial charge in [-0.05, 0) is 17.5 Å². The molecular weight excluding hydrogens is 374 g/mol. The van der Waals surface area contributed by atoms with Crippen LogP contribution in [0.4, 0.5) is 10.6 Å². The van der Waals surface area contributed by atoms with E-state index >= 15 is 0 Å². The lowest BCUT2D eigenvalue weighted by Gasteiger charge is -2.35. The number of hydrogen-bond donors (Lipinski definition) is 1. The second-order valence-corrected chi connectivity index (χ2v) is 7.43. The fourth-order valence-corrected chi connectivity index (χ4v) is 3.92. The topological polar surface area (TPSA) is 61.4 Å². The zero-order valence-corrected chi connectivity index (χ0v) is 17.0. The number of benzene rings is 2. The van der Waals surface area contributed by atoms with Gasteiger partial charge in [0.25, 0.3) is 0 Å². The molecule has 1 N–H and O–H groups in total. The molecule has 1 fully saturated rings. The van der Waals surface area contributed by atoms with Gasteiger partial charge in [0.05, 0.1) is 6.20 Å². The number of carbonyl (C=O) groups excluding carboxylic acids is 1. The molecule has 2 heterocycles. The Morgan fingerprint density at radius 3 is 2.10 bits per heavy atom. The van der Waals surface area contributed by atoms with Crippen molar-refractivity contribution in [3.05, 3.63) is 90.4 Å². The predicted octanol–water partition coefficient (Wildman–Crippen LogP) is 3.53. The van der Waals surface area contributed by atoms with Crippen molar-refractivity contribution < 1.29 is 4.79 Å². The Morgan fingerprint density at radius 2 is 1.53 bits per heavy atom. The summed E-state index contributed by atoms with van der Waals surface area (Å²) in [5.41, 5.74) is 2.55. The van der Waals surface area contributed by atoms with E-state index in [1.165, 1.54) is 11.1 Å². The van der Waals surface area contributed by atoms with Crippen LogP contribution in [0.1, 0.15) is 23.5 Å². The van der Waals surface area contributed by atoms with E-state index in [0.29, 0.717) is 19.6 Å². The number of amides is 2. The van der Waals surface area contributed by atoms with E-state index in [0.717, 1.165) is 25.3 Å². The van der Waals surface area contributed by atoms with Gasteiger partial charge in [-0.3, -0.25) is 4.98 Å². The first-order valence-electron chi connectivity index (χ1n) is 10.4. The van der Waals surface area contributed by atoms with Gasteiger partial charge in [-0.2, -0.15) is 0 Å². The molecule has 0 spiro atoms. The highest BCUT2D eigenvalue weighted by molar-refractivity contribution is 5.74. The summed E-state index contributed by atoms with van der Waals surface area (Å²) >= 11 is 0. The molecule has 1 aromatic heterocycles. The lowest BCUT2D eigenvalue weighted by molar-refractivity contribution is 0.194. The van der Waals surface area contributed by atoms with Crippen molar-refractivity contribution in [2.45, 2.75) is 12.3 Å². The molecule has 1 aliphatic rings. The number of aromatic nitrogens is 2. The minimum Gasteiger partial charge on any atom is -0.352 e. The van der Waals surface area contributed by atoms with E-state index in [4.69, 9.17) is 0 Å². The van der Waals surface area contributed by atoms with Crippen LogP contribution in [0.5, 0.6) is 0 Å². The summed E-state index contributed by atoms with van der Waals surface area (Å²) in [7, 11) is 0. The third kappa shape index (κ3) is 4.95. The van der Waals surface area contributed by atoms with Gasteiger partial charge >= 0.3 is 6.03 Å². The molecule has 1 saturated heterocycles. The molecule has 2 amide bonds. The van der Waals surface area contributed by atoms with Gasteiger partial charge in [0.2, 0.25) is 0 Å². The van der Waals surface area contributed by atoms with Crippen molar-refractivity contribution in [1.82, 2.24) is 20.2 Å². The first-order valence-corrected chi connectivity index (χ1v) is 10.4. The molecule has 3 aromatic rings. The predicted molar refractivity (Wildman–Crippen MR) is 119 cm³/mol. The molecule has 4 rings (SSSR count). The van der Waals surface area contributed by atoms with Gasteiger partial charge in [0.15, 0.2) is 0 Å². The maximum Gasteiger partial charge on any atom is 0.317 e. The van der Waals surface area contributed by atoms with Gasteiger partial charge in [0, 0.05) is 51.0 Å². The fourth-order valence-electron chi connectivity index (χ4n) is 3.92. The summed E-state index contributed by atoms with van der Waals surface area (Å²) in [5.74, 6) is 1.13. The summed E-state index contributed by atoms with van der Waals surface area (Å²) < 4.78 is 0. The Bertz CT molecular complexity index is 873. The lowest BCUT2D eigenvalue weighted by atomic mass is 9.88. The molecule has 6 nitrogen and oxygen atoms in total. The molecule has 0 bridgehead atoms. The van der Waals surface area contributed by atoms with Crippen molar-refractivity contribution in [1.29, 1.82) is 0 Å².